The fourth-order valence-electron chi connectivity index (χ4n) is 2.95. The van der Waals surface area contributed by atoms with Crippen LogP contribution in [-0.2, 0) is 25.5 Å². The van der Waals surface area contributed by atoms with Gasteiger partial charge in [0.05, 0.1) is 18.4 Å². The summed E-state index contributed by atoms with van der Waals surface area (Å²) in [6.07, 6.45) is 2.14. The third-order valence-electron chi connectivity index (χ3n) is 4.19. The van der Waals surface area contributed by atoms with Crippen LogP contribution in [0.15, 0.2) is 66.7 Å². The van der Waals surface area contributed by atoms with Crippen molar-refractivity contribution in [1.82, 2.24) is 0 Å². The van der Waals surface area contributed by atoms with E-state index in [4.69, 9.17) is 9.47 Å². The van der Waals surface area contributed by atoms with Gasteiger partial charge in [0, 0.05) is 5.56 Å². The van der Waals surface area contributed by atoms with E-state index in [0.29, 0.717) is 12.2 Å². The first-order valence-corrected chi connectivity index (χ1v) is 8.38. The van der Waals surface area contributed by atoms with Gasteiger partial charge in [0.2, 0.25) is 0 Å². The zero-order chi connectivity index (χ0) is 17.6. The largest absolute Gasteiger partial charge is 0.466 e. The summed E-state index contributed by atoms with van der Waals surface area (Å²) in [5.41, 5.74) is 1.75. The quantitative estimate of drug-likeness (QED) is 0.783. The van der Waals surface area contributed by atoms with Crippen molar-refractivity contribution in [3.8, 4) is 0 Å². The van der Waals surface area contributed by atoms with Crippen LogP contribution in [0.3, 0.4) is 0 Å². The minimum atomic E-state index is -0.656. The third kappa shape index (κ3) is 3.97. The number of rotatable bonds is 5. The summed E-state index contributed by atoms with van der Waals surface area (Å²) >= 11 is 0. The highest BCUT2D eigenvalue weighted by Crippen LogP contribution is 2.32. The van der Waals surface area contributed by atoms with Gasteiger partial charge in [0.25, 0.3) is 0 Å². The fraction of sp³-hybridized carbons (Fsp3) is 0.238. The summed E-state index contributed by atoms with van der Waals surface area (Å²) in [5, 5.41) is 0. The van der Waals surface area contributed by atoms with Crippen LogP contribution in [0.4, 0.5) is 0 Å². The summed E-state index contributed by atoms with van der Waals surface area (Å²) in [6, 6.07) is 18.9. The van der Waals surface area contributed by atoms with E-state index in [1.165, 1.54) is 0 Å². The van der Waals surface area contributed by atoms with Crippen LogP contribution < -0.4 is 0 Å². The number of hydrogen-bond donors (Lipinski definition) is 0. The van der Waals surface area contributed by atoms with E-state index in [2.05, 4.69) is 0 Å². The van der Waals surface area contributed by atoms with Gasteiger partial charge in [-0.1, -0.05) is 60.7 Å². The lowest BCUT2D eigenvalue weighted by atomic mass is 9.84. The third-order valence-corrected chi connectivity index (χ3v) is 4.19. The molecular formula is C21H20O4. The van der Waals surface area contributed by atoms with Gasteiger partial charge in [-0.05, 0) is 25.0 Å². The predicted octanol–water partition coefficient (Wildman–Crippen LogP) is 3.62. The van der Waals surface area contributed by atoms with Crippen molar-refractivity contribution in [2.45, 2.75) is 13.3 Å². The molecule has 4 nitrogen and oxygen atoms in total. The molecule has 2 aromatic carbocycles. The van der Waals surface area contributed by atoms with Crippen LogP contribution in [0.2, 0.25) is 0 Å². The van der Waals surface area contributed by atoms with Crippen molar-refractivity contribution in [3.63, 3.8) is 0 Å². The van der Waals surface area contributed by atoms with Crippen molar-refractivity contribution in [2.24, 2.45) is 11.8 Å². The highest BCUT2D eigenvalue weighted by atomic mass is 16.5. The van der Waals surface area contributed by atoms with E-state index in [1.54, 1.807) is 13.0 Å². The van der Waals surface area contributed by atoms with Gasteiger partial charge in [0.1, 0.15) is 5.76 Å². The predicted molar refractivity (Wildman–Crippen MR) is 94.3 cm³/mol. The van der Waals surface area contributed by atoms with E-state index in [1.807, 2.05) is 60.7 Å². The lowest BCUT2D eigenvalue weighted by Gasteiger charge is -2.27. The van der Waals surface area contributed by atoms with E-state index in [9.17, 15) is 9.59 Å². The van der Waals surface area contributed by atoms with Crippen molar-refractivity contribution >= 4 is 17.7 Å². The van der Waals surface area contributed by atoms with Gasteiger partial charge in [-0.2, -0.15) is 0 Å². The minimum Gasteiger partial charge on any atom is -0.466 e. The monoisotopic (exact) mass is 336 g/mol. The molecule has 0 unspecified atom stereocenters. The zero-order valence-corrected chi connectivity index (χ0v) is 14.1. The van der Waals surface area contributed by atoms with E-state index >= 15 is 0 Å². The molecule has 1 heterocycles. The van der Waals surface area contributed by atoms with Crippen LogP contribution in [0.25, 0.3) is 5.76 Å². The molecule has 1 aliphatic heterocycles. The van der Waals surface area contributed by atoms with E-state index in [0.717, 1.165) is 11.1 Å². The molecule has 4 heteroatoms. The highest BCUT2D eigenvalue weighted by Gasteiger charge is 2.39. The van der Waals surface area contributed by atoms with Crippen LogP contribution in [-0.4, -0.2) is 18.5 Å². The van der Waals surface area contributed by atoms with E-state index < -0.39 is 23.8 Å². The molecule has 2 atom stereocenters. The first kappa shape index (κ1) is 17.0. The molecule has 0 amide bonds. The molecule has 0 radical (unpaired) electrons. The Morgan fingerprint density at radius 2 is 1.68 bits per heavy atom. The second kappa shape index (κ2) is 7.79. The van der Waals surface area contributed by atoms with Crippen LogP contribution in [0.1, 0.15) is 18.1 Å². The second-order valence-corrected chi connectivity index (χ2v) is 5.89. The number of hydrogen-bond acceptors (Lipinski definition) is 4. The molecule has 0 bridgehead atoms. The zero-order valence-electron chi connectivity index (χ0n) is 14.1. The average molecular weight is 336 g/mol. The standard InChI is InChI=1S/C21H20O4/c1-2-24-20(22)18-14-19(16-11-7-4-8-12-16)25-21(23)17(18)13-15-9-5-3-6-10-15/h3-12,14,17-18H,2,13H2,1H3/t17-,18-/m0/s1. The first-order chi connectivity index (χ1) is 12.2. The Morgan fingerprint density at radius 1 is 1.04 bits per heavy atom. The molecule has 0 aliphatic carbocycles. The van der Waals surface area contributed by atoms with E-state index in [-0.39, 0.29) is 6.61 Å². The lowest BCUT2D eigenvalue weighted by Crippen LogP contribution is -2.36. The molecule has 0 spiro atoms. The summed E-state index contributed by atoms with van der Waals surface area (Å²) in [4.78, 5) is 25.1. The minimum absolute atomic E-state index is 0.275. The normalized spacial score (nSPS) is 19.7. The molecule has 2 aromatic rings. The summed E-state index contributed by atoms with van der Waals surface area (Å²) < 4.78 is 10.7. The molecule has 0 N–H and O–H groups in total. The number of carbonyl (C=O) groups excluding carboxylic acids is 2. The Bertz CT molecular complexity index is 765. The van der Waals surface area contributed by atoms with Gasteiger partial charge in [-0.25, -0.2) is 0 Å². The smallest absolute Gasteiger partial charge is 0.315 e. The van der Waals surface area contributed by atoms with Crippen LogP contribution >= 0.6 is 0 Å². The number of ether oxygens (including phenoxy) is 2. The molecule has 3 rings (SSSR count). The summed E-state index contributed by atoms with van der Waals surface area (Å²) in [6.45, 7) is 2.03. The van der Waals surface area contributed by atoms with Gasteiger partial charge >= 0.3 is 11.9 Å². The molecule has 0 aromatic heterocycles. The Balaban J connectivity index is 1.93. The van der Waals surface area contributed by atoms with Crippen LogP contribution in [0.5, 0.6) is 0 Å². The maximum absolute atomic E-state index is 12.6. The SMILES string of the molecule is CCOC(=O)[C@H]1C=C(c2ccccc2)OC(=O)[C@H]1Cc1ccccc1. The number of benzene rings is 2. The Kier molecular flexibility index (Phi) is 5.29. The van der Waals surface area contributed by atoms with Gasteiger partial charge < -0.3 is 9.47 Å². The second-order valence-electron chi connectivity index (χ2n) is 5.89. The first-order valence-electron chi connectivity index (χ1n) is 8.38. The molecule has 0 saturated heterocycles. The Hall–Kier alpha value is -2.88. The summed E-state index contributed by atoms with van der Waals surface area (Å²) in [5.74, 6) is -1.63. The number of cyclic esters (lactones) is 1. The lowest BCUT2D eigenvalue weighted by molar-refractivity contribution is -0.156. The van der Waals surface area contributed by atoms with Crippen molar-refractivity contribution in [1.29, 1.82) is 0 Å². The molecule has 128 valence electrons. The maximum Gasteiger partial charge on any atom is 0.315 e. The van der Waals surface area contributed by atoms with Gasteiger partial charge in [0.15, 0.2) is 0 Å². The van der Waals surface area contributed by atoms with Crippen molar-refractivity contribution in [3.05, 3.63) is 77.9 Å². The molecule has 0 saturated carbocycles. The van der Waals surface area contributed by atoms with Gasteiger partial charge in [-0.3, -0.25) is 9.59 Å². The maximum atomic E-state index is 12.6. The molecule has 25 heavy (non-hydrogen) atoms. The van der Waals surface area contributed by atoms with Crippen molar-refractivity contribution in [2.75, 3.05) is 6.61 Å². The highest BCUT2D eigenvalue weighted by molar-refractivity contribution is 5.91. The summed E-state index contributed by atoms with van der Waals surface area (Å²) in [7, 11) is 0. The molecular weight excluding hydrogens is 316 g/mol. The average Bonchev–Trinajstić information content (AvgIpc) is 2.65. The fourth-order valence-corrected chi connectivity index (χ4v) is 2.95. The molecule has 0 fully saturated rings. The topological polar surface area (TPSA) is 52.6 Å². The number of esters is 2. The Morgan fingerprint density at radius 3 is 2.32 bits per heavy atom. The number of carbonyl (C=O) groups is 2. The van der Waals surface area contributed by atoms with Crippen LogP contribution in [0, 0.1) is 11.8 Å². The van der Waals surface area contributed by atoms with Gasteiger partial charge in [-0.15, -0.1) is 0 Å². The van der Waals surface area contributed by atoms with Crippen molar-refractivity contribution < 1.29 is 19.1 Å². The molecule has 1 aliphatic rings. The Labute approximate surface area is 147 Å².